The molecule has 1 aromatic rings. The minimum absolute atomic E-state index is 0.0929. The molecule has 0 saturated carbocycles. The van der Waals surface area contributed by atoms with Crippen LogP contribution in [-0.4, -0.2) is 41.8 Å². The van der Waals surface area contributed by atoms with E-state index in [0.29, 0.717) is 18.0 Å². The highest BCUT2D eigenvalue weighted by Gasteiger charge is 2.25. The Labute approximate surface area is 119 Å². The lowest BCUT2D eigenvalue weighted by Crippen LogP contribution is -2.45. The molecule has 7 heteroatoms. The fraction of sp³-hybridized carbons (Fsp3) is 0.538. The highest BCUT2D eigenvalue weighted by atomic mass is 32.2. The molecule has 112 valence electrons. The summed E-state index contributed by atoms with van der Waals surface area (Å²) in [5.41, 5.74) is 0. The number of rotatable bonds is 5. The van der Waals surface area contributed by atoms with E-state index in [-0.39, 0.29) is 10.9 Å². The summed E-state index contributed by atoms with van der Waals surface area (Å²) in [6, 6.07) is 4.63. The molecule has 0 aliphatic carbocycles. The number of benzene rings is 1. The second-order valence-corrected chi connectivity index (χ2v) is 6.36. The van der Waals surface area contributed by atoms with E-state index in [4.69, 9.17) is 9.47 Å². The topological polar surface area (TPSA) is 76.7 Å². The van der Waals surface area contributed by atoms with E-state index in [9.17, 15) is 8.42 Å². The SMILES string of the molecule is COc1ccc(OC)c(S(=O)(=O)N[C@@H]2CCCNC2)c1. The van der Waals surface area contributed by atoms with Crippen molar-refractivity contribution in [2.75, 3.05) is 27.3 Å². The van der Waals surface area contributed by atoms with E-state index >= 15 is 0 Å². The van der Waals surface area contributed by atoms with E-state index in [1.165, 1.54) is 20.3 Å². The molecule has 0 amide bonds. The summed E-state index contributed by atoms with van der Waals surface area (Å²) in [6.07, 6.45) is 1.79. The Balaban J connectivity index is 2.27. The number of nitrogens with one attached hydrogen (secondary N) is 2. The number of sulfonamides is 1. The van der Waals surface area contributed by atoms with Crippen LogP contribution in [0.5, 0.6) is 11.5 Å². The van der Waals surface area contributed by atoms with E-state index in [0.717, 1.165) is 19.4 Å². The Bertz CT molecular complexity index is 553. The minimum atomic E-state index is -3.63. The molecule has 2 N–H and O–H groups in total. The first-order chi connectivity index (χ1) is 9.56. The molecule has 1 fully saturated rings. The first kappa shape index (κ1) is 15.1. The Morgan fingerprint density at radius 2 is 2.10 bits per heavy atom. The second-order valence-electron chi connectivity index (χ2n) is 4.68. The number of hydrogen-bond acceptors (Lipinski definition) is 5. The molecule has 0 radical (unpaired) electrons. The number of methoxy groups -OCH3 is 2. The Morgan fingerprint density at radius 3 is 2.70 bits per heavy atom. The average Bonchev–Trinajstić information content (AvgIpc) is 2.47. The van der Waals surface area contributed by atoms with Gasteiger partial charge in [-0.3, -0.25) is 0 Å². The molecular weight excluding hydrogens is 280 g/mol. The maximum atomic E-state index is 12.5. The molecule has 0 aromatic heterocycles. The summed E-state index contributed by atoms with van der Waals surface area (Å²) < 4.78 is 37.9. The number of piperidine rings is 1. The van der Waals surface area contributed by atoms with Gasteiger partial charge in [0.2, 0.25) is 10.0 Å². The van der Waals surface area contributed by atoms with Gasteiger partial charge < -0.3 is 14.8 Å². The molecule has 6 nitrogen and oxygen atoms in total. The Hall–Kier alpha value is -1.31. The number of hydrogen-bond donors (Lipinski definition) is 2. The Morgan fingerprint density at radius 1 is 1.30 bits per heavy atom. The van der Waals surface area contributed by atoms with Crippen LogP contribution in [0.2, 0.25) is 0 Å². The summed E-state index contributed by atoms with van der Waals surface area (Å²) in [5, 5.41) is 3.18. The predicted octanol–water partition coefficient (Wildman–Crippen LogP) is 0.734. The van der Waals surface area contributed by atoms with Crippen LogP contribution in [0.1, 0.15) is 12.8 Å². The van der Waals surface area contributed by atoms with Gasteiger partial charge in [0, 0.05) is 18.7 Å². The summed E-state index contributed by atoms with van der Waals surface area (Å²) >= 11 is 0. The monoisotopic (exact) mass is 300 g/mol. The van der Waals surface area contributed by atoms with Crippen molar-refractivity contribution in [3.63, 3.8) is 0 Å². The summed E-state index contributed by atoms with van der Waals surface area (Å²) in [7, 11) is -0.686. The fourth-order valence-electron chi connectivity index (χ4n) is 2.23. The lowest BCUT2D eigenvalue weighted by atomic mass is 10.1. The predicted molar refractivity (Wildman–Crippen MR) is 75.8 cm³/mol. The van der Waals surface area contributed by atoms with Crippen molar-refractivity contribution in [2.45, 2.75) is 23.8 Å². The van der Waals surface area contributed by atoms with Gasteiger partial charge in [-0.05, 0) is 31.5 Å². The quantitative estimate of drug-likeness (QED) is 0.838. The molecule has 0 spiro atoms. The summed E-state index contributed by atoms with van der Waals surface area (Å²) in [6.45, 7) is 1.58. The third-order valence-electron chi connectivity index (χ3n) is 3.28. The standard InChI is InChI=1S/C13H20N2O4S/c1-18-11-5-6-12(19-2)13(8-11)20(16,17)15-10-4-3-7-14-9-10/h5-6,8,10,14-15H,3-4,7,9H2,1-2H3/t10-/m1/s1. The second kappa shape index (κ2) is 6.43. The average molecular weight is 300 g/mol. The minimum Gasteiger partial charge on any atom is -0.497 e. The van der Waals surface area contributed by atoms with Crippen LogP contribution < -0.4 is 19.5 Å². The highest BCUT2D eigenvalue weighted by Crippen LogP contribution is 2.28. The summed E-state index contributed by atoms with van der Waals surface area (Å²) in [5.74, 6) is 0.787. The first-order valence-electron chi connectivity index (χ1n) is 6.52. The van der Waals surface area contributed by atoms with Crippen molar-refractivity contribution in [1.82, 2.24) is 10.0 Å². The van der Waals surface area contributed by atoms with Crippen molar-refractivity contribution >= 4 is 10.0 Å². The first-order valence-corrected chi connectivity index (χ1v) is 8.00. The maximum absolute atomic E-state index is 12.5. The molecule has 0 unspecified atom stereocenters. The molecule has 20 heavy (non-hydrogen) atoms. The van der Waals surface area contributed by atoms with E-state index in [1.807, 2.05) is 0 Å². The van der Waals surface area contributed by atoms with Gasteiger partial charge in [0.25, 0.3) is 0 Å². The van der Waals surface area contributed by atoms with Crippen molar-refractivity contribution < 1.29 is 17.9 Å². The van der Waals surface area contributed by atoms with Crippen molar-refractivity contribution in [1.29, 1.82) is 0 Å². The van der Waals surface area contributed by atoms with E-state index < -0.39 is 10.0 Å². The van der Waals surface area contributed by atoms with Crippen LogP contribution in [0.25, 0.3) is 0 Å². The van der Waals surface area contributed by atoms with Crippen LogP contribution in [0.15, 0.2) is 23.1 Å². The molecule has 1 saturated heterocycles. The van der Waals surface area contributed by atoms with Gasteiger partial charge in [0.05, 0.1) is 14.2 Å². The van der Waals surface area contributed by atoms with Crippen molar-refractivity contribution in [3.8, 4) is 11.5 Å². The molecule has 1 aromatic carbocycles. The van der Waals surface area contributed by atoms with Gasteiger partial charge in [0.15, 0.2) is 0 Å². The highest BCUT2D eigenvalue weighted by molar-refractivity contribution is 7.89. The smallest absolute Gasteiger partial charge is 0.244 e. The molecule has 1 aliphatic rings. The van der Waals surface area contributed by atoms with Gasteiger partial charge >= 0.3 is 0 Å². The molecular formula is C13H20N2O4S. The normalized spacial score (nSPS) is 19.6. The third-order valence-corrected chi connectivity index (χ3v) is 4.82. The van der Waals surface area contributed by atoms with Crippen LogP contribution in [0.4, 0.5) is 0 Å². The van der Waals surface area contributed by atoms with Gasteiger partial charge in [-0.1, -0.05) is 0 Å². The molecule has 1 aliphatic heterocycles. The van der Waals surface area contributed by atoms with Crippen LogP contribution >= 0.6 is 0 Å². The lowest BCUT2D eigenvalue weighted by Gasteiger charge is -2.24. The fourth-order valence-corrected chi connectivity index (χ4v) is 3.68. The van der Waals surface area contributed by atoms with Gasteiger partial charge in [0.1, 0.15) is 16.4 Å². The molecule has 2 rings (SSSR count). The third kappa shape index (κ3) is 3.41. The zero-order chi connectivity index (χ0) is 14.6. The zero-order valence-corrected chi connectivity index (χ0v) is 12.5. The molecule has 1 atom stereocenters. The van der Waals surface area contributed by atoms with Gasteiger partial charge in [-0.25, -0.2) is 13.1 Å². The van der Waals surface area contributed by atoms with Crippen molar-refractivity contribution in [3.05, 3.63) is 18.2 Å². The molecule has 1 heterocycles. The largest absolute Gasteiger partial charge is 0.497 e. The van der Waals surface area contributed by atoms with Crippen molar-refractivity contribution in [2.24, 2.45) is 0 Å². The van der Waals surface area contributed by atoms with Crippen LogP contribution in [-0.2, 0) is 10.0 Å². The van der Waals surface area contributed by atoms with Gasteiger partial charge in [-0.15, -0.1) is 0 Å². The van der Waals surface area contributed by atoms with Crippen LogP contribution in [0, 0.1) is 0 Å². The molecule has 0 bridgehead atoms. The summed E-state index contributed by atoms with van der Waals surface area (Å²) in [4.78, 5) is 0.102. The number of ether oxygens (including phenoxy) is 2. The van der Waals surface area contributed by atoms with Crippen LogP contribution in [0.3, 0.4) is 0 Å². The van der Waals surface area contributed by atoms with E-state index in [1.54, 1.807) is 12.1 Å². The Kier molecular flexibility index (Phi) is 4.85. The van der Waals surface area contributed by atoms with Gasteiger partial charge in [-0.2, -0.15) is 0 Å². The lowest BCUT2D eigenvalue weighted by molar-refractivity contribution is 0.390. The zero-order valence-electron chi connectivity index (χ0n) is 11.7. The van der Waals surface area contributed by atoms with E-state index in [2.05, 4.69) is 10.0 Å². The maximum Gasteiger partial charge on any atom is 0.244 e.